The van der Waals surface area contributed by atoms with Crippen LogP contribution in [0.15, 0.2) is 18.2 Å². The average Bonchev–Trinajstić information content (AvgIpc) is 2.88. The quantitative estimate of drug-likeness (QED) is 0.835. The van der Waals surface area contributed by atoms with Crippen molar-refractivity contribution < 1.29 is 4.79 Å². The number of aryl methyl sites for hydroxylation is 1. The maximum absolute atomic E-state index is 12.8. The molecule has 0 N–H and O–H groups in total. The molecule has 1 aromatic carbocycles. The number of likely N-dealkylation sites (N-methyl/N-ethyl adjacent to an activating group) is 1. The summed E-state index contributed by atoms with van der Waals surface area (Å²) in [4.78, 5) is 19.8. The van der Waals surface area contributed by atoms with Gasteiger partial charge >= 0.3 is 0 Å². The SMILES string of the molecule is Cc1ccc2c(c1)C1CN(C)CCC1N2CC(=O)N1CCCCC1. The zero-order valence-corrected chi connectivity index (χ0v) is 15.0. The van der Waals surface area contributed by atoms with Crippen LogP contribution in [-0.2, 0) is 4.79 Å². The Hall–Kier alpha value is -1.55. The molecule has 3 heterocycles. The number of nitrogens with zero attached hydrogens (tertiary/aromatic N) is 3. The smallest absolute Gasteiger partial charge is 0.242 e. The predicted octanol–water partition coefficient (Wildman–Crippen LogP) is 2.62. The Balaban J connectivity index is 1.59. The fourth-order valence-electron chi connectivity index (χ4n) is 4.78. The largest absolute Gasteiger partial charge is 0.358 e. The molecule has 2 saturated heterocycles. The third-order valence-electron chi connectivity index (χ3n) is 6.09. The Kier molecular flexibility index (Phi) is 4.25. The van der Waals surface area contributed by atoms with Gasteiger partial charge in [0, 0.05) is 37.3 Å². The van der Waals surface area contributed by atoms with Crippen LogP contribution in [-0.4, -0.2) is 61.5 Å². The number of carbonyl (C=O) groups is 1. The van der Waals surface area contributed by atoms with Crippen molar-refractivity contribution in [1.82, 2.24) is 9.80 Å². The molecule has 4 nitrogen and oxygen atoms in total. The summed E-state index contributed by atoms with van der Waals surface area (Å²) in [6, 6.07) is 7.27. The molecule has 1 amide bonds. The topological polar surface area (TPSA) is 26.8 Å². The normalized spacial score (nSPS) is 27.1. The van der Waals surface area contributed by atoms with E-state index in [0.717, 1.165) is 32.6 Å². The molecule has 2 atom stereocenters. The van der Waals surface area contributed by atoms with Crippen molar-refractivity contribution in [3.63, 3.8) is 0 Å². The first-order chi connectivity index (χ1) is 11.6. The van der Waals surface area contributed by atoms with Crippen LogP contribution in [0.1, 0.15) is 42.7 Å². The molecule has 4 rings (SSSR count). The van der Waals surface area contributed by atoms with Gasteiger partial charge in [0.25, 0.3) is 0 Å². The summed E-state index contributed by atoms with van der Waals surface area (Å²) in [6.45, 7) is 6.86. The highest BCUT2D eigenvalue weighted by atomic mass is 16.2. The number of hydrogen-bond donors (Lipinski definition) is 0. The molecule has 24 heavy (non-hydrogen) atoms. The summed E-state index contributed by atoms with van der Waals surface area (Å²) < 4.78 is 0. The summed E-state index contributed by atoms with van der Waals surface area (Å²) in [5.41, 5.74) is 4.08. The van der Waals surface area contributed by atoms with E-state index in [1.807, 2.05) is 0 Å². The van der Waals surface area contributed by atoms with Gasteiger partial charge in [-0.15, -0.1) is 0 Å². The molecule has 0 bridgehead atoms. The van der Waals surface area contributed by atoms with Crippen LogP contribution in [0.5, 0.6) is 0 Å². The van der Waals surface area contributed by atoms with E-state index in [2.05, 4.69) is 46.9 Å². The predicted molar refractivity (Wildman–Crippen MR) is 97.6 cm³/mol. The minimum atomic E-state index is 0.320. The Morgan fingerprint density at radius 1 is 1.17 bits per heavy atom. The van der Waals surface area contributed by atoms with E-state index in [4.69, 9.17) is 0 Å². The lowest BCUT2D eigenvalue weighted by atomic mass is 9.89. The van der Waals surface area contributed by atoms with Crippen LogP contribution in [0, 0.1) is 6.92 Å². The van der Waals surface area contributed by atoms with E-state index in [1.165, 1.54) is 36.1 Å². The third kappa shape index (κ3) is 2.81. The van der Waals surface area contributed by atoms with E-state index < -0.39 is 0 Å². The summed E-state index contributed by atoms with van der Waals surface area (Å²) >= 11 is 0. The number of carbonyl (C=O) groups excluding carboxylic acids is 1. The van der Waals surface area contributed by atoms with Crippen LogP contribution >= 0.6 is 0 Å². The minimum Gasteiger partial charge on any atom is -0.358 e. The lowest BCUT2D eigenvalue weighted by Crippen LogP contribution is -2.49. The van der Waals surface area contributed by atoms with Crippen molar-refractivity contribution in [3.05, 3.63) is 29.3 Å². The van der Waals surface area contributed by atoms with E-state index >= 15 is 0 Å². The lowest BCUT2D eigenvalue weighted by Gasteiger charge is -2.38. The van der Waals surface area contributed by atoms with Crippen LogP contribution in [0.4, 0.5) is 5.69 Å². The second-order valence-corrected chi connectivity index (χ2v) is 7.86. The third-order valence-corrected chi connectivity index (χ3v) is 6.09. The zero-order valence-electron chi connectivity index (χ0n) is 15.0. The molecular formula is C20H29N3O. The Labute approximate surface area is 145 Å². The van der Waals surface area contributed by atoms with Gasteiger partial charge in [0.1, 0.15) is 0 Å². The molecule has 3 aliphatic heterocycles. The van der Waals surface area contributed by atoms with Gasteiger partial charge in [-0.05, 0) is 57.8 Å². The molecule has 2 unspecified atom stereocenters. The van der Waals surface area contributed by atoms with Crippen LogP contribution in [0.2, 0.25) is 0 Å². The Bertz CT molecular complexity index is 623. The number of anilines is 1. The Morgan fingerprint density at radius 2 is 1.96 bits per heavy atom. The Morgan fingerprint density at radius 3 is 2.75 bits per heavy atom. The molecule has 3 aliphatic rings. The van der Waals surface area contributed by atoms with Gasteiger partial charge in [-0.1, -0.05) is 17.7 Å². The molecule has 2 fully saturated rings. The molecule has 1 aromatic rings. The molecule has 0 radical (unpaired) electrons. The number of fused-ring (bicyclic) bond motifs is 3. The van der Waals surface area contributed by atoms with Crippen molar-refractivity contribution >= 4 is 11.6 Å². The van der Waals surface area contributed by atoms with Crippen molar-refractivity contribution in [2.45, 2.75) is 44.6 Å². The van der Waals surface area contributed by atoms with Crippen molar-refractivity contribution in [3.8, 4) is 0 Å². The van der Waals surface area contributed by atoms with Gasteiger partial charge in [-0.3, -0.25) is 4.79 Å². The van der Waals surface area contributed by atoms with Gasteiger partial charge in [-0.2, -0.15) is 0 Å². The van der Waals surface area contributed by atoms with Gasteiger partial charge < -0.3 is 14.7 Å². The molecule has 4 heteroatoms. The van der Waals surface area contributed by atoms with E-state index in [-0.39, 0.29) is 0 Å². The summed E-state index contributed by atoms with van der Waals surface area (Å²) in [5, 5.41) is 0. The average molecular weight is 327 g/mol. The van der Waals surface area contributed by atoms with Crippen LogP contribution in [0.25, 0.3) is 0 Å². The number of piperidine rings is 2. The molecular weight excluding hydrogens is 298 g/mol. The minimum absolute atomic E-state index is 0.320. The fourth-order valence-corrected chi connectivity index (χ4v) is 4.78. The van der Waals surface area contributed by atoms with E-state index in [0.29, 0.717) is 24.4 Å². The second kappa shape index (κ2) is 6.40. The van der Waals surface area contributed by atoms with Crippen molar-refractivity contribution in [2.24, 2.45) is 0 Å². The van der Waals surface area contributed by atoms with Gasteiger partial charge in [0.15, 0.2) is 0 Å². The number of amides is 1. The first-order valence-electron chi connectivity index (χ1n) is 9.47. The number of hydrogen-bond acceptors (Lipinski definition) is 3. The molecule has 0 spiro atoms. The maximum Gasteiger partial charge on any atom is 0.242 e. The van der Waals surface area contributed by atoms with E-state index in [1.54, 1.807) is 0 Å². The van der Waals surface area contributed by atoms with Gasteiger partial charge in [0.05, 0.1) is 6.54 Å². The standard InChI is InChI=1S/C20H29N3O/c1-15-6-7-18-16(12-15)17-13-21(2)11-8-19(17)23(18)14-20(24)22-9-4-3-5-10-22/h6-7,12,17,19H,3-5,8-11,13-14H2,1-2H3. The summed E-state index contributed by atoms with van der Waals surface area (Å²) in [7, 11) is 2.22. The van der Waals surface area contributed by atoms with Crippen LogP contribution < -0.4 is 4.90 Å². The molecule has 0 aliphatic carbocycles. The fraction of sp³-hybridized carbons (Fsp3) is 0.650. The number of likely N-dealkylation sites (tertiary alicyclic amines) is 2. The summed E-state index contributed by atoms with van der Waals surface area (Å²) in [6.07, 6.45) is 4.76. The molecule has 0 saturated carbocycles. The van der Waals surface area contributed by atoms with Gasteiger partial charge in [-0.25, -0.2) is 0 Å². The first-order valence-corrected chi connectivity index (χ1v) is 9.47. The highest BCUT2D eigenvalue weighted by molar-refractivity contribution is 5.83. The van der Waals surface area contributed by atoms with Crippen LogP contribution in [0.3, 0.4) is 0 Å². The maximum atomic E-state index is 12.8. The lowest BCUT2D eigenvalue weighted by molar-refractivity contribution is -0.130. The first kappa shape index (κ1) is 15.9. The van der Waals surface area contributed by atoms with Crippen molar-refractivity contribution in [1.29, 1.82) is 0 Å². The van der Waals surface area contributed by atoms with Gasteiger partial charge in [0.2, 0.25) is 5.91 Å². The highest BCUT2D eigenvalue weighted by Crippen LogP contribution is 2.44. The molecule has 0 aromatic heterocycles. The number of benzene rings is 1. The van der Waals surface area contributed by atoms with E-state index in [9.17, 15) is 4.79 Å². The zero-order chi connectivity index (χ0) is 16.7. The monoisotopic (exact) mass is 327 g/mol. The molecule has 130 valence electrons. The summed E-state index contributed by atoms with van der Waals surface area (Å²) in [5.74, 6) is 0.869. The second-order valence-electron chi connectivity index (χ2n) is 7.86. The van der Waals surface area contributed by atoms with Crippen molar-refractivity contribution in [2.75, 3.05) is 44.7 Å². The highest BCUT2D eigenvalue weighted by Gasteiger charge is 2.42. The number of rotatable bonds is 2.